The fourth-order valence-electron chi connectivity index (χ4n) is 0.472. The van der Waals surface area contributed by atoms with Gasteiger partial charge >= 0.3 is 12.1 Å². The number of aliphatic hydroxyl groups is 1. The van der Waals surface area contributed by atoms with E-state index < -0.39 is 29.1 Å². The highest BCUT2D eigenvalue weighted by atomic mass is 127. The topological polar surface area (TPSA) is 20.2 Å². The van der Waals surface area contributed by atoms with Crippen LogP contribution >= 0.6 is 22.6 Å². The van der Waals surface area contributed by atoms with E-state index in [0.29, 0.717) is 0 Å². The Labute approximate surface area is 79.1 Å². The van der Waals surface area contributed by atoms with Crippen LogP contribution in [0.15, 0.2) is 0 Å². The van der Waals surface area contributed by atoms with E-state index in [1.807, 2.05) is 0 Å². The van der Waals surface area contributed by atoms with E-state index in [4.69, 9.17) is 5.11 Å². The zero-order valence-electron chi connectivity index (χ0n) is 5.71. The lowest BCUT2D eigenvalue weighted by Crippen LogP contribution is -2.44. The summed E-state index contributed by atoms with van der Waals surface area (Å²) < 4.78 is 57.3. The second-order valence-electron chi connectivity index (χ2n) is 2.10. The van der Waals surface area contributed by atoms with Crippen LogP contribution < -0.4 is 0 Å². The van der Waals surface area contributed by atoms with Crippen molar-refractivity contribution in [3.8, 4) is 0 Å². The number of hydrogen-bond acceptors (Lipinski definition) is 1. The van der Waals surface area contributed by atoms with Crippen LogP contribution in [0.4, 0.5) is 22.0 Å². The molecule has 0 fully saturated rings. The maximum absolute atomic E-state index is 12.3. The second-order valence-corrected chi connectivity index (χ2v) is 3.60. The van der Waals surface area contributed by atoms with Gasteiger partial charge in [0.15, 0.2) is 0 Å². The van der Waals surface area contributed by atoms with Crippen LogP contribution in [-0.2, 0) is 0 Å². The Balaban J connectivity index is 4.38. The van der Waals surface area contributed by atoms with Crippen molar-refractivity contribution in [1.29, 1.82) is 0 Å². The van der Waals surface area contributed by atoms with Crippen molar-refractivity contribution < 1.29 is 27.1 Å². The van der Waals surface area contributed by atoms with Crippen molar-refractivity contribution >= 4 is 22.6 Å². The highest BCUT2D eigenvalue weighted by Crippen LogP contribution is 2.42. The first-order chi connectivity index (χ1) is 5.23. The number of hydrogen-bond donors (Lipinski definition) is 1. The Morgan fingerprint density at radius 3 is 1.83 bits per heavy atom. The lowest BCUT2D eigenvalue weighted by Gasteiger charge is -2.23. The predicted molar refractivity (Wildman–Crippen MR) is 40.5 cm³/mol. The standard InChI is InChI=1S/C5H6F5IO/c6-4(7,5(8,9)10)3(11)1-2-12/h3,12H,1-2H2. The van der Waals surface area contributed by atoms with Crippen molar-refractivity contribution in [1.82, 2.24) is 0 Å². The van der Waals surface area contributed by atoms with Gasteiger partial charge in [-0.15, -0.1) is 0 Å². The summed E-state index contributed by atoms with van der Waals surface area (Å²) in [4.78, 5) is 0. The van der Waals surface area contributed by atoms with E-state index in [1.54, 1.807) is 0 Å². The Hall–Kier alpha value is 0.340. The molecule has 1 unspecified atom stereocenters. The van der Waals surface area contributed by atoms with Gasteiger partial charge < -0.3 is 5.11 Å². The van der Waals surface area contributed by atoms with Crippen LogP contribution in [-0.4, -0.2) is 27.7 Å². The molecule has 0 aromatic carbocycles. The maximum atomic E-state index is 12.3. The van der Waals surface area contributed by atoms with E-state index in [0.717, 1.165) is 22.6 Å². The molecule has 0 bridgehead atoms. The van der Waals surface area contributed by atoms with E-state index >= 15 is 0 Å². The molecule has 0 aliphatic rings. The van der Waals surface area contributed by atoms with Gasteiger partial charge in [0.1, 0.15) is 0 Å². The molecule has 0 aromatic heterocycles. The summed E-state index contributed by atoms with van der Waals surface area (Å²) in [6, 6.07) is 0. The average molecular weight is 304 g/mol. The zero-order valence-corrected chi connectivity index (χ0v) is 7.86. The number of rotatable bonds is 3. The molecule has 1 N–H and O–H groups in total. The van der Waals surface area contributed by atoms with Crippen LogP contribution in [0.5, 0.6) is 0 Å². The third kappa shape index (κ3) is 2.68. The number of aliphatic hydroxyl groups excluding tert-OH is 1. The van der Waals surface area contributed by atoms with Crippen LogP contribution in [0.2, 0.25) is 0 Å². The monoisotopic (exact) mass is 304 g/mol. The fourth-order valence-corrected chi connectivity index (χ4v) is 1.10. The van der Waals surface area contributed by atoms with Gasteiger partial charge in [0.25, 0.3) is 0 Å². The minimum atomic E-state index is -5.53. The SMILES string of the molecule is OCCC(I)C(F)(F)C(F)(F)F. The molecule has 0 heterocycles. The first-order valence-electron chi connectivity index (χ1n) is 2.93. The summed E-state index contributed by atoms with van der Waals surface area (Å²) >= 11 is 0.980. The van der Waals surface area contributed by atoms with E-state index in [1.165, 1.54) is 0 Å². The first-order valence-corrected chi connectivity index (χ1v) is 4.17. The molecule has 1 nitrogen and oxygen atoms in total. The Kier molecular flexibility index (Phi) is 4.15. The molecule has 0 amide bonds. The molecule has 0 radical (unpaired) electrons. The van der Waals surface area contributed by atoms with Gasteiger partial charge in [-0.3, -0.25) is 0 Å². The molecule has 1 atom stereocenters. The zero-order chi connectivity index (χ0) is 9.99. The Bertz CT molecular complexity index is 145. The molecule has 7 heteroatoms. The molecule has 0 aliphatic heterocycles. The normalized spacial score (nSPS) is 16.2. The van der Waals surface area contributed by atoms with Gasteiger partial charge in [-0.1, -0.05) is 22.6 Å². The van der Waals surface area contributed by atoms with Crippen LogP contribution in [0, 0.1) is 0 Å². The van der Waals surface area contributed by atoms with E-state index in [-0.39, 0.29) is 0 Å². The third-order valence-electron chi connectivity index (χ3n) is 1.15. The van der Waals surface area contributed by atoms with Gasteiger partial charge in [-0.2, -0.15) is 22.0 Å². The van der Waals surface area contributed by atoms with Gasteiger partial charge in [0, 0.05) is 6.61 Å². The number of halogens is 6. The van der Waals surface area contributed by atoms with Crippen molar-refractivity contribution in [3.63, 3.8) is 0 Å². The highest BCUT2D eigenvalue weighted by Gasteiger charge is 2.61. The first kappa shape index (κ1) is 12.3. The molecule has 74 valence electrons. The van der Waals surface area contributed by atoms with Crippen molar-refractivity contribution in [2.45, 2.75) is 22.4 Å². The lowest BCUT2D eigenvalue weighted by atomic mass is 10.2. The van der Waals surface area contributed by atoms with Crippen LogP contribution in [0.1, 0.15) is 6.42 Å². The third-order valence-corrected chi connectivity index (χ3v) is 2.56. The maximum Gasteiger partial charge on any atom is 0.454 e. The molecule has 12 heavy (non-hydrogen) atoms. The van der Waals surface area contributed by atoms with Crippen molar-refractivity contribution in [3.05, 3.63) is 0 Å². The fraction of sp³-hybridized carbons (Fsp3) is 1.00. The van der Waals surface area contributed by atoms with E-state index in [2.05, 4.69) is 0 Å². The summed E-state index contributed by atoms with van der Waals surface area (Å²) in [5, 5.41) is 8.16. The minimum Gasteiger partial charge on any atom is -0.396 e. The van der Waals surface area contributed by atoms with Crippen molar-refractivity contribution in [2.75, 3.05) is 6.61 Å². The second kappa shape index (κ2) is 4.03. The molecule has 0 saturated carbocycles. The molecule has 0 rings (SSSR count). The summed E-state index contributed by atoms with van der Waals surface area (Å²) in [5.74, 6) is -4.73. The van der Waals surface area contributed by atoms with Gasteiger partial charge in [0.2, 0.25) is 0 Å². The summed E-state index contributed by atoms with van der Waals surface area (Å²) in [6.07, 6.45) is -6.11. The highest BCUT2D eigenvalue weighted by molar-refractivity contribution is 14.1. The Morgan fingerprint density at radius 1 is 1.17 bits per heavy atom. The van der Waals surface area contributed by atoms with Crippen LogP contribution in [0.3, 0.4) is 0 Å². The molecule has 0 aliphatic carbocycles. The smallest absolute Gasteiger partial charge is 0.396 e. The summed E-state index contributed by atoms with van der Waals surface area (Å²) in [5.41, 5.74) is 0. The molecular formula is C5H6F5IO. The average Bonchev–Trinajstić information content (AvgIpc) is 1.85. The molecule has 0 spiro atoms. The Morgan fingerprint density at radius 2 is 1.58 bits per heavy atom. The molecule has 0 aromatic rings. The summed E-state index contributed by atoms with van der Waals surface area (Å²) in [6.45, 7) is -0.681. The van der Waals surface area contributed by atoms with Gasteiger partial charge in [-0.05, 0) is 6.42 Å². The quantitative estimate of drug-likeness (QED) is 0.482. The molecular weight excluding hydrogens is 298 g/mol. The van der Waals surface area contributed by atoms with Crippen molar-refractivity contribution in [2.24, 2.45) is 0 Å². The minimum absolute atomic E-state index is 0.576. The summed E-state index contributed by atoms with van der Waals surface area (Å²) in [7, 11) is 0. The van der Waals surface area contributed by atoms with E-state index in [9.17, 15) is 22.0 Å². The number of alkyl halides is 6. The van der Waals surface area contributed by atoms with Crippen LogP contribution in [0.25, 0.3) is 0 Å². The molecule has 0 saturated heterocycles. The predicted octanol–water partition coefficient (Wildman–Crippen LogP) is 2.37. The largest absolute Gasteiger partial charge is 0.454 e. The van der Waals surface area contributed by atoms with Gasteiger partial charge in [0.05, 0.1) is 3.92 Å². The lowest BCUT2D eigenvalue weighted by molar-refractivity contribution is -0.280. The van der Waals surface area contributed by atoms with Gasteiger partial charge in [-0.25, -0.2) is 0 Å².